The second-order valence-corrected chi connectivity index (χ2v) is 6.07. The number of carbonyl (C=O) groups excluding carboxylic acids is 1. The molecular weight excluding hydrogens is 282 g/mol. The van der Waals surface area contributed by atoms with Gasteiger partial charge in [-0.25, -0.2) is 4.98 Å². The first-order chi connectivity index (χ1) is 10.2. The topological polar surface area (TPSA) is 37.6 Å². The Hall–Kier alpha value is -2.14. The third kappa shape index (κ3) is 2.56. The van der Waals surface area contributed by atoms with Gasteiger partial charge in [-0.05, 0) is 19.4 Å². The Labute approximate surface area is 127 Å². The van der Waals surface area contributed by atoms with Crippen molar-refractivity contribution in [2.45, 2.75) is 26.4 Å². The van der Waals surface area contributed by atoms with Gasteiger partial charge in [-0.1, -0.05) is 30.3 Å². The van der Waals surface area contributed by atoms with E-state index in [4.69, 9.17) is 0 Å². The zero-order chi connectivity index (χ0) is 14.8. The van der Waals surface area contributed by atoms with E-state index in [9.17, 15) is 4.79 Å². The lowest BCUT2D eigenvalue weighted by molar-refractivity contribution is 0.111. The van der Waals surface area contributed by atoms with Crippen LogP contribution in [0.5, 0.6) is 0 Å². The van der Waals surface area contributed by atoms with Crippen LogP contribution in [0.1, 0.15) is 29.9 Å². The Morgan fingerprint density at radius 2 is 2.10 bits per heavy atom. The second-order valence-electron chi connectivity index (χ2n) is 5.20. The normalized spacial score (nSPS) is 11.2. The fourth-order valence-corrected chi connectivity index (χ4v) is 3.11. The predicted molar refractivity (Wildman–Crippen MR) is 86.2 cm³/mol. The number of aldehydes is 1. The van der Waals surface area contributed by atoms with Crippen molar-refractivity contribution in [3.63, 3.8) is 0 Å². The lowest BCUT2D eigenvalue weighted by atomic mass is 10.2. The van der Waals surface area contributed by atoms with Crippen LogP contribution in [0.15, 0.2) is 41.9 Å². The number of hydrogen-bond acceptors (Lipinski definition) is 4. The minimum absolute atomic E-state index is 0.258. The second kappa shape index (κ2) is 5.69. The summed E-state index contributed by atoms with van der Waals surface area (Å²) in [5.41, 5.74) is 1.83. The highest BCUT2D eigenvalue weighted by Gasteiger charge is 2.21. The van der Waals surface area contributed by atoms with Gasteiger partial charge in [0.1, 0.15) is 5.69 Å². The van der Waals surface area contributed by atoms with Gasteiger partial charge in [0.05, 0.1) is 0 Å². The van der Waals surface area contributed by atoms with Crippen LogP contribution in [0.3, 0.4) is 0 Å². The van der Waals surface area contributed by atoms with Gasteiger partial charge < -0.3 is 4.90 Å². The summed E-state index contributed by atoms with van der Waals surface area (Å²) in [4.78, 5) is 19.2. The first-order valence-corrected chi connectivity index (χ1v) is 7.80. The van der Waals surface area contributed by atoms with Gasteiger partial charge in [0, 0.05) is 24.2 Å². The molecule has 0 bridgehead atoms. The Morgan fingerprint density at radius 1 is 1.33 bits per heavy atom. The molecule has 2 heterocycles. The summed E-state index contributed by atoms with van der Waals surface area (Å²) in [5, 5.41) is 1.94. The van der Waals surface area contributed by atoms with Crippen molar-refractivity contribution in [2.24, 2.45) is 0 Å². The standard InChI is InChI=1S/C16H17N3OS/c1-12(2)19(10-13-6-4-3-5-7-13)15-14(11-20)18-8-9-21-16(18)17-15/h3-9,11-12H,10H2,1-2H3. The quantitative estimate of drug-likeness (QED) is 0.675. The van der Waals surface area contributed by atoms with E-state index in [1.807, 2.05) is 34.2 Å². The van der Waals surface area contributed by atoms with Gasteiger partial charge >= 0.3 is 0 Å². The summed E-state index contributed by atoms with van der Waals surface area (Å²) in [7, 11) is 0. The number of hydrogen-bond donors (Lipinski definition) is 0. The maximum Gasteiger partial charge on any atom is 0.196 e. The SMILES string of the molecule is CC(C)N(Cc1ccccc1)c1nc2sccn2c1C=O. The average Bonchev–Trinajstić information content (AvgIpc) is 3.05. The lowest BCUT2D eigenvalue weighted by Gasteiger charge is -2.27. The van der Waals surface area contributed by atoms with E-state index in [0.29, 0.717) is 5.69 Å². The number of aromatic nitrogens is 2. The summed E-state index contributed by atoms with van der Waals surface area (Å²) in [6, 6.07) is 10.5. The summed E-state index contributed by atoms with van der Waals surface area (Å²) in [5.74, 6) is 0.760. The fraction of sp³-hybridized carbons (Fsp3) is 0.250. The van der Waals surface area contributed by atoms with Crippen molar-refractivity contribution in [1.29, 1.82) is 0 Å². The Morgan fingerprint density at radius 3 is 2.76 bits per heavy atom. The Kier molecular flexibility index (Phi) is 3.75. The van der Waals surface area contributed by atoms with Crippen LogP contribution in [0.2, 0.25) is 0 Å². The van der Waals surface area contributed by atoms with Gasteiger partial charge in [0.2, 0.25) is 0 Å². The van der Waals surface area contributed by atoms with Crippen molar-refractivity contribution < 1.29 is 4.79 Å². The number of benzene rings is 1. The monoisotopic (exact) mass is 299 g/mol. The van der Waals surface area contributed by atoms with Gasteiger partial charge in [-0.3, -0.25) is 9.20 Å². The molecule has 0 aliphatic rings. The van der Waals surface area contributed by atoms with E-state index in [1.54, 1.807) is 0 Å². The molecule has 1 aromatic carbocycles. The number of anilines is 1. The molecule has 0 radical (unpaired) electrons. The molecule has 0 aliphatic heterocycles. The molecule has 0 atom stereocenters. The molecule has 3 rings (SSSR count). The highest BCUT2D eigenvalue weighted by Crippen LogP contribution is 2.26. The van der Waals surface area contributed by atoms with E-state index in [-0.39, 0.29) is 6.04 Å². The maximum atomic E-state index is 11.5. The summed E-state index contributed by atoms with van der Waals surface area (Å²) < 4.78 is 1.85. The zero-order valence-corrected chi connectivity index (χ0v) is 12.9. The highest BCUT2D eigenvalue weighted by atomic mass is 32.1. The number of fused-ring (bicyclic) bond motifs is 1. The molecule has 5 heteroatoms. The molecule has 0 N–H and O–H groups in total. The fourth-order valence-electron chi connectivity index (χ4n) is 2.39. The van der Waals surface area contributed by atoms with Crippen molar-refractivity contribution in [1.82, 2.24) is 9.38 Å². The van der Waals surface area contributed by atoms with Crippen molar-refractivity contribution in [2.75, 3.05) is 4.90 Å². The van der Waals surface area contributed by atoms with Crippen LogP contribution in [-0.2, 0) is 6.54 Å². The van der Waals surface area contributed by atoms with Crippen molar-refractivity contribution >= 4 is 28.4 Å². The molecule has 0 amide bonds. The largest absolute Gasteiger partial charge is 0.348 e. The average molecular weight is 299 g/mol. The molecule has 0 fully saturated rings. The third-order valence-corrected chi connectivity index (χ3v) is 4.24. The molecule has 21 heavy (non-hydrogen) atoms. The first kappa shape index (κ1) is 13.8. The molecule has 0 unspecified atom stereocenters. The van der Waals surface area contributed by atoms with Gasteiger partial charge in [-0.15, -0.1) is 11.3 Å². The van der Waals surface area contributed by atoms with Crippen LogP contribution in [0, 0.1) is 0 Å². The highest BCUT2D eigenvalue weighted by molar-refractivity contribution is 7.15. The number of imidazole rings is 1. The molecule has 0 saturated heterocycles. The molecule has 2 aromatic heterocycles. The minimum Gasteiger partial charge on any atom is -0.348 e. The summed E-state index contributed by atoms with van der Waals surface area (Å²) >= 11 is 1.54. The Balaban J connectivity index is 2.03. The molecule has 0 aliphatic carbocycles. The number of nitrogens with zero attached hydrogens (tertiary/aromatic N) is 3. The van der Waals surface area contributed by atoms with Crippen molar-refractivity contribution in [3.05, 3.63) is 53.2 Å². The Bertz CT molecular complexity index is 745. The molecule has 0 spiro atoms. The molecule has 0 saturated carbocycles. The zero-order valence-electron chi connectivity index (χ0n) is 12.1. The van der Waals surface area contributed by atoms with Gasteiger partial charge in [0.15, 0.2) is 17.1 Å². The number of rotatable bonds is 5. The van der Waals surface area contributed by atoms with E-state index in [2.05, 4.69) is 35.9 Å². The summed E-state index contributed by atoms with van der Waals surface area (Å²) in [6.07, 6.45) is 2.78. The van der Waals surface area contributed by atoms with Crippen LogP contribution in [0.25, 0.3) is 4.96 Å². The van der Waals surface area contributed by atoms with Crippen LogP contribution < -0.4 is 4.90 Å². The van der Waals surface area contributed by atoms with Crippen LogP contribution in [-0.4, -0.2) is 21.7 Å². The number of thiazole rings is 1. The van der Waals surface area contributed by atoms with E-state index >= 15 is 0 Å². The molecule has 108 valence electrons. The van der Waals surface area contributed by atoms with E-state index < -0.39 is 0 Å². The predicted octanol–water partition coefficient (Wildman–Crippen LogP) is 3.62. The molecular formula is C16H17N3OS. The maximum absolute atomic E-state index is 11.5. The van der Waals surface area contributed by atoms with Crippen LogP contribution in [0.4, 0.5) is 5.82 Å². The molecule has 4 nitrogen and oxygen atoms in total. The first-order valence-electron chi connectivity index (χ1n) is 6.92. The minimum atomic E-state index is 0.258. The molecule has 3 aromatic rings. The summed E-state index contributed by atoms with van der Waals surface area (Å²) in [6.45, 7) is 4.97. The van der Waals surface area contributed by atoms with E-state index in [0.717, 1.165) is 23.6 Å². The van der Waals surface area contributed by atoms with E-state index in [1.165, 1.54) is 16.9 Å². The van der Waals surface area contributed by atoms with Gasteiger partial charge in [-0.2, -0.15) is 0 Å². The van der Waals surface area contributed by atoms with Crippen molar-refractivity contribution in [3.8, 4) is 0 Å². The van der Waals surface area contributed by atoms with Gasteiger partial charge in [0.25, 0.3) is 0 Å². The number of carbonyl (C=O) groups is 1. The van der Waals surface area contributed by atoms with Crippen LogP contribution >= 0.6 is 11.3 Å². The third-order valence-electron chi connectivity index (χ3n) is 3.48. The smallest absolute Gasteiger partial charge is 0.196 e. The lowest BCUT2D eigenvalue weighted by Crippen LogP contribution is -2.31.